The lowest BCUT2D eigenvalue weighted by molar-refractivity contribution is 0.0276. The number of hydrogen-bond acceptors (Lipinski definition) is 3. The first-order chi connectivity index (χ1) is 11.4. The molecule has 2 aliphatic rings. The van der Waals surface area contributed by atoms with Crippen LogP contribution in [-0.4, -0.2) is 53.2 Å². The Bertz CT molecular complexity index is 442. The third-order valence-corrected chi connectivity index (χ3v) is 5.67. The van der Waals surface area contributed by atoms with Crippen molar-refractivity contribution < 1.29 is 5.11 Å². The van der Waals surface area contributed by atoms with Gasteiger partial charge in [-0.2, -0.15) is 0 Å². The van der Waals surface area contributed by atoms with E-state index in [-0.39, 0.29) is 0 Å². The van der Waals surface area contributed by atoms with Crippen molar-refractivity contribution in [3.05, 3.63) is 35.9 Å². The van der Waals surface area contributed by atoms with Crippen LogP contribution in [0.2, 0.25) is 0 Å². The van der Waals surface area contributed by atoms with Crippen LogP contribution in [0.3, 0.4) is 0 Å². The van der Waals surface area contributed by atoms with Crippen molar-refractivity contribution in [3.8, 4) is 0 Å². The molecular weight excluding hydrogens is 284 g/mol. The van der Waals surface area contributed by atoms with Gasteiger partial charge in [0.05, 0.1) is 0 Å². The predicted octanol–water partition coefficient (Wildman–Crippen LogP) is 3.28. The Balaban J connectivity index is 1.60. The van der Waals surface area contributed by atoms with E-state index in [1.54, 1.807) is 0 Å². The Morgan fingerprint density at radius 3 is 2.39 bits per heavy atom. The van der Waals surface area contributed by atoms with Crippen molar-refractivity contribution in [3.63, 3.8) is 0 Å². The molecule has 0 bridgehead atoms. The summed E-state index contributed by atoms with van der Waals surface area (Å²) in [5.41, 5.74) is 1.39. The summed E-state index contributed by atoms with van der Waals surface area (Å²) in [6, 6.07) is 12.0. The van der Waals surface area contributed by atoms with Crippen LogP contribution in [-0.2, 0) is 6.54 Å². The van der Waals surface area contributed by atoms with E-state index < -0.39 is 0 Å². The topological polar surface area (TPSA) is 26.7 Å². The van der Waals surface area contributed by atoms with E-state index in [0.717, 1.165) is 32.1 Å². The highest BCUT2D eigenvalue weighted by Crippen LogP contribution is 2.25. The third-order valence-electron chi connectivity index (χ3n) is 5.67. The maximum Gasteiger partial charge on any atom is 0.0446 e. The van der Waals surface area contributed by atoms with Crippen LogP contribution >= 0.6 is 0 Å². The van der Waals surface area contributed by atoms with E-state index in [1.807, 2.05) is 0 Å². The van der Waals surface area contributed by atoms with Gasteiger partial charge >= 0.3 is 0 Å². The molecule has 1 aliphatic carbocycles. The van der Waals surface area contributed by atoms with E-state index >= 15 is 0 Å². The van der Waals surface area contributed by atoms with Crippen LogP contribution in [0, 0.1) is 0 Å². The highest BCUT2D eigenvalue weighted by Gasteiger charge is 2.30. The van der Waals surface area contributed by atoms with Gasteiger partial charge in [-0.05, 0) is 24.8 Å². The summed E-state index contributed by atoms with van der Waals surface area (Å²) in [6.07, 6.45) is 9.30. The Hall–Kier alpha value is -0.900. The quantitative estimate of drug-likeness (QED) is 0.845. The second-order valence-corrected chi connectivity index (χ2v) is 7.26. The zero-order valence-corrected chi connectivity index (χ0v) is 14.4. The first kappa shape index (κ1) is 16.9. The van der Waals surface area contributed by atoms with Crippen molar-refractivity contribution in [1.82, 2.24) is 9.80 Å². The zero-order valence-electron chi connectivity index (χ0n) is 14.4. The molecule has 1 aromatic rings. The average molecular weight is 316 g/mol. The van der Waals surface area contributed by atoms with Gasteiger partial charge in [-0.25, -0.2) is 0 Å². The molecule has 1 atom stereocenters. The second kappa shape index (κ2) is 8.81. The SMILES string of the molecule is OCC[C@H]1CN(C2CCCCCC2)CCN1Cc1ccccc1. The highest BCUT2D eigenvalue weighted by molar-refractivity contribution is 5.14. The summed E-state index contributed by atoms with van der Waals surface area (Å²) in [6.45, 7) is 4.78. The number of rotatable bonds is 5. The zero-order chi connectivity index (χ0) is 15.9. The third kappa shape index (κ3) is 4.79. The molecule has 0 amide bonds. The largest absolute Gasteiger partial charge is 0.396 e. The normalized spacial score (nSPS) is 25.3. The highest BCUT2D eigenvalue weighted by atomic mass is 16.3. The second-order valence-electron chi connectivity index (χ2n) is 7.26. The molecule has 3 heteroatoms. The number of hydrogen-bond donors (Lipinski definition) is 1. The van der Waals surface area contributed by atoms with E-state index in [4.69, 9.17) is 0 Å². The van der Waals surface area contributed by atoms with Crippen LogP contribution in [0.1, 0.15) is 50.5 Å². The van der Waals surface area contributed by atoms with Crippen molar-refractivity contribution >= 4 is 0 Å². The van der Waals surface area contributed by atoms with Gasteiger partial charge in [0, 0.05) is 44.9 Å². The van der Waals surface area contributed by atoms with Gasteiger partial charge in [0.15, 0.2) is 0 Å². The van der Waals surface area contributed by atoms with Crippen molar-refractivity contribution in [2.45, 2.75) is 63.6 Å². The molecule has 1 aliphatic heterocycles. The molecule has 0 radical (unpaired) electrons. The molecule has 1 aromatic carbocycles. The Kier molecular flexibility index (Phi) is 6.49. The number of benzene rings is 1. The van der Waals surface area contributed by atoms with Crippen LogP contribution in [0.4, 0.5) is 0 Å². The number of nitrogens with zero attached hydrogens (tertiary/aromatic N) is 2. The predicted molar refractivity (Wildman–Crippen MR) is 95.4 cm³/mol. The summed E-state index contributed by atoms with van der Waals surface area (Å²) in [5, 5.41) is 9.50. The minimum Gasteiger partial charge on any atom is -0.396 e. The smallest absolute Gasteiger partial charge is 0.0446 e. The van der Waals surface area contributed by atoms with Gasteiger partial charge < -0.3 is 5.11 Å². The van der Waals surface area contributed by atoms with Crippen molar-refractivity contribution in [1.29, 1.82) is 0 Å². The van der Waals surface area contributed by atoms with E-state index in [9.17, 15) is 5.11 Å². The summed E-state index contributed by atoms with van der Waals surface area (Å²) in [4.78, 5) is 5.31. The molecule has 1 saturated carbocycles. The van der Waals surface area contributed by atoms with E-state index in [0.29, 0.717) is 12.6 Å². The molecule has 3 nitrogen and oxygen atoms in total. The maximum atomic E-state index is 9.50. The molecule has 2 fully saturated rings. The summed E-state index contributed by atoms with van der Waals surface area (Å²) in [7, 11) is 0. The molecule has 3 rings (SSSR count). The van der Waals surface area contributed by atoms with E-state index in [1.165, 1.54) is 50.6 Å². The molecule has 23 heavy (non-hydrogen) atoms. The summed E-state index contributed by atoms with van der Waals surface area (Å²) in [5.74, 6) is 0. The molecule has 0 unspecified atom stereocenters. The lowest BCUT2D eigenvalue weighted by Crippen LogP contribution is -2.55. The molecule has 0 spiro atoms. The minimum atomic E-state index is 0.300. The molecular formula is C20H32N2O. The van der Waals surface area contributed by atoms with Gasteiger partial charge in [-0.3, -0.25) is 9.80 Å². The Morgan fingerprint density at radius 1 is 0.957 bits per heavy atom. The van der Waals surface area contributed by atoms with Crippen LogP contribution in [0.5, 0.6) is 0 Å². The molecule has 1 saturated heterocycles. The van der Waals surface area contributed by atoms with Gasteiger partial charge in [0.1, 0.15) is 0 Å². The van der Waals surface area contributed by atoms with Crippen LogP contribution in [0.25, 0.3) is 0 Å². The first-order valence-electron chi connectivity index (χ1n) is 9.49. The van der Waals surface area contributed by atoms with Gasteiger partial charge in [-0.15, -0.1) is 0 Å². The van der Waals surface area contributed by atoms with Crippen LogP contribution in [0.15, 0.2) is 30.3 Å². The average Bonchev–Trinajstić information content (AvgIpc) is 2.87. The van der Waals surface area contributed by atoms with E-state index in [2.05, 4.69) is 40.1 Å². The molecule has 0 aromatic heterocycles. The maximum absolute atomic E-state index is 9.50. The van der Waals surface area contributed by atoms with Crippen LogP contribution < -0.4 is 0 Å². The van der Waals surface area contributed by atoms with Crippen molar-refractivity contribution in [2.24, 2.45) is 0 Å². The monoisotopic (exact) mass is 316 g/mol. The standard InChI is InChI=1S/C20H32N2O/c23-15-12-20-17-22(19-10-6-1-2-7-11-19)14-13-21(20)16-18-8-4-3-5-9-18/h3-5,8-9,19-20,23H,1-2,6-7,10-17H2/t20-/m0/s1. The summed E-state index contributed by atoms with van der Waals surface area (Å²) < 4.78 is 0. The number of aliphatic hydroxyl groups excluding tert-OH is 1. The number of aliphatic hydroxyl groups is 1. The fraction of sp³-hybridized carbons (Fsp3) is 0.700. The first-order valence-corrected chi connectivity index (χ1v) is 9.49. The van der Waals surface area contributed by atoms with Gasteiger partial charge in [0.2, 0.25) is 0 Å². The fourth-order valence-corrected chi connectivity index (χ4v) is 4.32. The number of piperazine rings is 1. The molecule has 1 heterocycles. The van der Waals surface area contributed by atoms with Gasteiger partial charge in [0.25, 0.3) is 0 Å². The Labute approximate surface area is 141 Å². The minimum absolute atomic E-state index is 0.300. The molecule has 1 N–H and O–H groups in total. The lowest BCUT2D eigenvalue weighted by Gasteiger charge is -2.44. The molecule has 128 valence electrons. The Morgan fingerprint density at radius 2 is 1.70 bits per heavy atom. The fourth-order valence-electron chi connectivity index (χ4n) is 4.32. The van der Waals surface area contributed by atoms with Crippen molar-refractivity contribution in [2.75, 3.05) is 26.2 Å². The van der Waals surface area contributed by atoms with Gasteiger partial charge in [-0.1, -0.05) is 56.0 Å². The summed E-state index contributed by atoms with van der Waals surface area (Å²) >= 11 is 0. The lowest BCUT2D eigenvalue weighted by atomic mass is 10.0.